The lowest BCUT2D eigenvalue weighted by molar-refractivity contribution is -0.120. The maximum atomic E-state index is 12.1. The lowest BCUT2D eigenvalue weighted by Gasteiger charge is -2.11. The van der Waals surface area contributed by atoms with E-state index in [-0.39, 0.29) is 18.9 Å². The molecule has 0 aliphatic rings. The molecule has 4 nitrogen and oxygen atoms in total. The molecule has 0 heterocycles. The van der Waals surface area contributed by atoms with Gasteiger partial charge in [0.1, 0.15) is 12.4 Å². The minimum absolute atomic E-state index is 0.221. The SMILES string of the molecule is O=C(Cc1ccc(Br)cc1)N/N=C/c1cc(Cl)ccc1OCc1ccc(Cl)cc1Cl. The van der Waals surface area contributed by atoms with Crippen LogP contribution in [0.2, 0.25) is 15.1 Å². The number of hydrazone groups is 1. The first-order chi connectivity index (χ1) is 14.4. The molecule has 0 atom stereocenters. The molecular weight excluding hydrogens is 511 g/mol. The van der Waals surface area contributed by atoms with Gasteiger partial charge in [-0.25, -0.2) is 5.43 Å². The summed E-state index contributed by atoms with van der Waals surface area (Å²) < 4.78 is 6.83. The van der Waals surface area contributed by atoms with Gasteiger partial charge in [-0.2, -0.15) is 5.10 Å². The molecule has 154 valence electrons. The number of hydrogen-bond donors (Lipinski definition) is 1. The van der Waals surface area contributed by atoms with Crippen LogP contribution in [-0.2, 0) is 17.8 Å². The lowest BCUT2D eigenvalue weighted by Crippen LogP contribution is -2.19. The number of hydrogen-bond acceptors (Lipinski definition) is 3. The van der Waals surface area contributed by atoms with E-state index in [1.165, 1.54) is 6.21 Å². The number of amides is 1. The summed E-state index contributed by atoms with van der Waals surface area (Å²) in [4.78, 5) is 12.1. The molecule has 0 unspecified atom stereocenters. The van der Waals surface area contributed by atoms with Gasteiger partial charge in [0.2, 0.25) is 5.91 Å². The van der Waals surface area contributed by atoms with E-state index in [1.54, 1.807) is 36.4 Å². The van der Waals surface area contributed by atoms with E-state index in [9.17, 15) is 4.79 Å². The van der Waals surface area contributed by atoms with Crippen LogP contribution in [0, 0.1) is 0 Å². The zero-order chi connectivity index (χ0) is 21.5. The quantitative estimate of drug-likeness (QED) is 0.276. The molecule has 0 spiro atoms. The van der Waals surface area contributed by atoms with Crippen molar-refractivity contribution in [2.24, 2.45) is 5.10 Å². The van der Waals surface area contributed by atoms with E-state index in [0.29, 0.717) is 26.4 Å². The Morgan fingerprint density at radius 2 is 1.70 bits per heavy atom. The molecule has 0 saturated heterocycles. The van der Waals surface area contributed by atoms with Crippen molar-refractivity contribution >= 4 is 62.9 Å². The number of carbonyl (C=O) groups excluding carboxylic acids is 1. The van der Waals surface area contributed by atoms with Gasteiger partial charge in [-0.1, -0.05) is 68.9 Å². The Bertz CT molecular complexity index is 1070. The number of nitrogens with one attached hydrogen (secondary N) is 1. The van der Waals surface area contributed by atoms with E-state index in [1.807, 2.05) is 24.3 Å². The Hall–Kier alpha value is -2.05. The Morgan fingerprint density at radius 3 is 2.43 bits per heavy atom. The van der Waals surface area contributed by atoms with Gasteiger partial charge < -0.3 is 4.74 Å². The van der Waals surface area contributed by atoms with Crippen molar-refractivity contribution in [3.8, 4) is 5.75 Å². The van der Waals surface area contributed by atoms with Gasteiger partial charge >= 0.3 is 0 Å². The van der Waals surface area contributed by atoms with Crippen LogP contribution >= 0.6 is 50.7 Å². The summed E-state index contributed by atoms with van der Waals surface area (Å²) in [5.41, 5.74) is 4.82. The molecule has 30 heavy (non-hydrogen) atoms. The second-order valence-electron chi connectivity index (χ2n) is 6.30. The zero-order valence-corrected chi connectivity index (χ0v) is 19.4. The molecule has 0 bridgehead atoms. The molecule has 3 rings (SSSR count). The summed E-state index contributed by atoms with van der Waals surface area (Å²) in [5.74, 6) is 0.322. The standard InChI is InChI=1S/C22H16BrCl3N2O2/c23-17-4-1-14(2-5-17)9-22(29)28-27-12-16-10-18(24)7-8-21(16)30-13-15-3-6-19(25)11-20(15)26/h1-8,10-12H,9,13H2,(H,28,29)/b27-12+. The smallest absolute Gasteiger partial charge is 0.244 e. The number of carbonyl (C=O) groups is 1. The molecular formula is C22H16BrCl3N2O2. The van der Waals surface area contributed by atoms with Crippen molar-refractivity contribution < 1.29 is 9.53 Å². The first-order valence-electron chi connectivity index (χ1n) is 8.83. The third kappa shape index (κ3) is 6.74. The number of ether oxygens (including phenoxy) is 1. The molecule has 0 fully saturated rings. The molecule has 3 aromatic carbocycles. The van der Waals surface area contributed by atoms with Gasteiger partial charge in [0, 0.05) is 30.7 Å². The van der Waals surface area contributed by atoms with Crippen LogP contribution in [0.4, 0.5) is 0 Å². The fourth-order valence-electron chi connectivity index (χ4n) is 2.55. The Kier molecular flexibility index (Phi) is 8.16. The average molecular weight is 527 g/mol. The first kappa shape index (κ1) is 22.6. The van der Waals surface area contributed by atoms with Crippen LogP contribution in [0.5, 0.6) is 5.75 Å². The fraction of sp³-hybridized carbons (Fsp3) is 0.0909. The molecule has 0 aliphatic heterocycles. The third-order valence-electron chi connectivity index (χ3n) is 4.04. The van der Waals surface area contributed by atoms with Crippen LogP contribution in [0.3, 0.4) is 0 Å². The molecule has 0 aliphatic carbocycles. The van der Waals surface area contributed by atoms with Crippen LogP contribution in [0.25, 0.3) is 0 Å². The Labute approximate surface area is 197 Å². The van der Waals surface area contributed by atoms with Crippen molar-refractivity contribution in [1.29, 1.82) is 0 Å². The molecule has 1 N–H and O–H groups in total. The summed E-state index contributed by atoms with van der Waals surface area (Å²) in [5, 5.41) is 5.63. The van der Waals surface area contributed by atoms with Gasteiger partial charge in [0.15, 0.2) is 0 Å². The van der Waals surface area contributed by atoms with Crippen LogP contribution in [-0.4, -0.2) is 12.1 Å². The fourth-order valence-corrected chi connectivity index (χ4v) is 3.45. The number of halogens is 4. The molecule has 1 amide bonds. The predicted octanol–water partition coefficient (Wildman–Crippen LogP) is 6.68. The maximum absolute atomic E-state index is 12.1. The van der Waals surface area contributed by atoms with Crippen molar-refractivity contribution in [2.45, 2.75) is 13.0 Å². The number of benzene rings is 3. The predicted molar refractivity (Wildman–Crippen MR) is 126 cm³/mol. The highest BCUT2D eigenvalue weighted by atomic mass is 79.9. The first-order valence-corrected chi connectivity index (χ1v) is 10.8. The molecule has 0 radical (unpaired) electrons. The van der Waals surface area contributed by atoms with Gasteiger partial charge in [0.25, 0.3) is 0 Å². The summed E-state index contributed by atoms with van der Waals surface area (Å²) in [6, 6.07) is 17.9. The van der Waals surface area contributed by atoms with Crippen LogP contribution in [0.15, 0.2) is 70.2 Å². The topological polar surface area (TPSA) is 50.7 Å². The van der Waals surface area contributed by atoms with Crippen molar-refractivity contribution in [1.82, 2.24) is 5.43 Å². The Balaban J connectivity index is 1.64. The van der Waals surface area contributed by atoms with E-state index < -0.39 is 0 Å². The monoisotopic (exact) mass is 524 g/mol. The largest absolute Gasteiger partial charge is 0.488 e. The highest BCUT2D eigenvalue weighted by molar-refractivity contribution is 9.10. The molecule has 0 aromatic heterocycles. The lowest BCUT2D eigenvalue weighted by atomic mass is 10.1. The van der Waals surface area contributed by atoms with E-state index in [2.05, 4.69) is 26.5 Å². The van der Waals surface area contributed by atoms with Gasteiger partial charge in [-0.05, 0) is 48.0 Å². The molecule has 3 aromatic rings. The van der Waals surface area contributed by atoms with Crippen LogP contribution in [0.1, 0.15) is 16.7 Å². The Morgan fingerprint density at radius 1 is 1.00 bits per heavy atom. The minimum Gasteiger partial charge on any atom is -0.488 e. The third-order valence-corrected chi connectivity index (χ3v) is 5.39. The highest BCUT2D eigenvalue weighted by Crippen LogP contribution is 2.25. The zero-order valence-electron chi connectivity index (χ0n) is 15.5. The highest BCUT2D eigenvalue weighted by Gasteiger charge is 2.07. The van der Waals surface area contributed by atoms with Gasteiger partial charge in [-0.3, -0.25) is 4.79 Å². The van der Waals surface area contributed by atoms with Crippen molar-refractivity contribution in [2.75, 3.05) is 0 Å². The maximum Gasteiger partial charge on any atom is 0.244 e. The minimum atomic E-state index is -0.231. The average Bonchev–Trinajstić information content (AvgIpc) is 2.70. The van der Waals surface area contributed by atoms with E-state index >= 15 is 0 Å². The summed E-state index contributed by atoms with van der Waals surface area (Å²) in [6.45, 7) is 0.244. The summed E-state index contributed by atoms with van der Waals surface area (Å²) in [6.07, 6.45) is 1.71. The second-order valence-corrected chi connectivity index (χ2v) is 8.50. The van der Waals surface area contributed by atoms with Gasteiger partial charge in [-0.15, -0.1) is 0 Å². The normalized spacial score (nSPS) is 10.9. The van der Waals surface area contributed by atoms with E-state index in [4.69, 9.17) is 39.5 Å². The van der Waals surface area contributed by atoms with E-state index in [0.717, 1.165) is 15.6 Å². The second kappa shape index (κ2) is 10.8. The van der Waals surface area contributed by atoms with Crippen molar-refractivity contribution in [3.05, 3.63) is 96.9 Å². The summed E-state index contributed by atoms with van der Waals surface area (Å²) in [7, 11) is 0. The van der Waals surface area contributed by atoms with Crippen LogP contribution < -0.4 is 10.2 Å². The molecule has 8 heteroatoms. The van der Waals surface area contributed by atoms with Gasteiger partial charge in [0.05, 0.1) is 12.6 Å². The van der Waals surface area contributed by atoms with Crippen molar-refractivity contribution in [3.63, 3.8) is 0 Å². The number of rotatable bonds is 7. The summed E-state index contributed by atoms with van der Waals surface area (Å²) >= 11 is 21.6. The molecule has 0 saturated carbocycles. The number of nitrogens with zero attached hydrogens (tertiary/aromatic N) is 1.